The van der Waals surface area contributed by atoms with Crippen LogP contribution in [-0.4, -0.2) is 0 Å². The molecule has 2 heteroatoms. The average molecular weight is 144 g/mol. The molecule has 0 N–H and O–H groups in total. The highest BCUT2D eigenvalue weighted by Crippen LogP contribution is 2.32. The van der Waals surface area contributed by atoms with Crippen LogP contribution in [0.4, 0.5) is 8.78 Å². The van der Waals surface area contributed by atoms with Crippen molar-refractivity contribution in [3.63, 3.8) is 0 Å². The third-order valence-corrected chi connectivity index (χ3v) is 1.52. The van der Waals surface area contributed by atoms with Crippen LogP contribution in [0.5, 0.6) is 0 Å². The molecule has 56 valence electrons. The minimum Gasteiger partial charge on any atom is -0.173 e. The quantitative estimate of drug-likeness (QED) is 0.534. The van der Waals surface area contributed by atoms with Gasteiger partial charge in [-0.3, -0.25) is 0 Å². The van der Waals surface area contributed by atoms with E-state index in [9.17, 15) is 8.78 Å². The second kappa shape index (κ2) is 3.49. The van der Waals surface area contributed by atoms with Gasteiger partial charge in [-0.2, -0.15) is 8.78 Å². The molecule has 0 atom stereocenters. The van der Waals surface area contributed by atoms with Crippen molar-refractivity contribution in [3.05, 3.63) is 24.3 Å². The van der Waals surface area contributed by atoms with E-state index in [2.05, 4.69) is 0 Å². The van der Waals surface area contributed by atoms with E-state index in [0.717, 1.165) is 18.4 Å². The van der Waals surface area contributed by atoms with E-state index in [1.165, 1.54) is 18.9 Å². The van der Waals surface area contributed by atoms with Crippen LogP contribution >= 0.6 is 0 Å². The molecule has 0 nitrogen and oxygen atoms in total. The average Bonchev–Trinajstić information content (AvgIpc) is 2.62. The Morgan fingerprint density at radius 1 is 1.40 bits per heavy atom. The van der Waals surface area contributed by atoms with Gasteiger partial charge in [0.15, 0.2) is 0 Å². The predicted octanol–water partition coefficient (Wildman–Crippen LogP) is 3.12. The highest BCUT2D eigenvalue weighted by atomic mass is 19.3. The van der Waals surface area contributed by atoms with Crippen LogP contribution in [-0.2, 0) is 0 Å². The van der Waals surface area contributed by atoms with Gasteiger partial charge in [-0.1, -0.05) is 12.2 Å². The second-order valence-electron chi connectivity index (χ2n) is 2.56. The summed E-state index contributed by atoms with van der Waals surface area (Å²) in [5.41, 5.74) is 0. The monoisotopic (exact) mass is 144 g/mol. The Morgan fingerprint density at radius 3 is 2.60 bits per heavy atom. The van der Waals surface area contributed by atoms with E-state index >= 15 is 0 Å². The first-order valence-corrected chi connectivity index (χ1v) is 3.47. The summed E-state index contributed by atoms with van der Waals surface area (Å²) in [6, 6.07) is 0. The maximum atomic E-state index is 11.4. The van der Waals surface area contributed by atoms with E-state index in [0.29, 0.717) is 0 Å². The third-order valence-electron chi connectivity index (χ3n) is 1.52. The summed E-state index contributed by atoms with van der Waals surface area (Å²) in [7, 11) is 0. The van der Waals surface area contributed by atoms with Gasteiger partial charge in [0.25, 0.3) is 6.08 Å². The van der Waals surface area contributed by atoms with Crippen LogP contribution in [0.3, 0.4) is 0 Å². The number of hydrogen-bond acceptors (Lipinski definition) is 0. The molecular weight excluding hydrogens is 134 g/mol. The SMILES string of the molecule is FC(F)=CC=CCC1CC1. The summed E-state index contributed by atoms with van der Waals surface area (Å²) in [5.74, 6) is 0.785. The van der Waals surface area contributed by atoms with Crippen LogP contribution in [0.15, 0.2) is 24.3 Å². The van der Waals surface area contributed by atoms with Gasteiger partial charge in [-0.25, -0.2) is 0 Å². The summed E-state index contributed by atoms with van der Waals surface area (Å²) >= 11 is 0. The Kier molecular flexibility index (Phi) is 2.60. The van der Waals surface area contributed by atoms with Gasteiger partial charge in [0.1, 0.15) is 0 Å². The second-order valence-corrected chi connectivity index (χ2v) is 2.56. The van der Waals surface area contributed by atoms with Crippen LogP contribution < -0.4 is 0 Å². The molecule has 10 heavy (non-hydrogen) atoms. The van der Waals surface area contributed by atoms with Crippen molar-refractivity contribution < 1.29 is 8.78 Å². The molecule has 0 aliphatic heterocycles. The van der Waals surface area contributed by atoms with Crippen LogP contribution in [0.2, 0.25) is 0 Å². The molecule has 0 heterocycles. The first-order valence-electron chi connectivity index (χ1n) is 3.47. The smallest absolute Gasteiger partial charge is 0.173 e. The van der Waals surface area contributed by atoms with Gasteiger partial charge >= 0.3 is 0 Å². The van der Waals surface area contributed by atoms with Crippen LogP contribution in [0, 0.1) is 5.92 Å². The molecule has 0 saturated heterocycles. The van der Waals surface area contributed by atoms with Gasteiger partial charge in [0.05, 0.1) is 0 Å². The van der Waals surface area contributed by atoms with Crippen molar-refractivity contribution >= 4 is 0 Å². The number of rotatable bonds is 3. The summed E-state index contributed by atoms with van der Waals surface area (Å²) < 4.78 is 22.8. The maximum absolute atomic E-state index is 11.4. The van der Waals surface area contributed by atoms with E-state index in [1.807, 2.05) is 0 Å². The maximum Gasteiger partial charge on any atom is 0.270 e. The molecule has 0 unspecified atom stereocenters. The lowest BCUT2D eigenvalue weighted by Crippen LogP contribution is -1.66. The van der Waals surface area contributed by atoms with Gasteiger partial charge in [-0.05, 0) is 25.2 Å². The molecule has 0 spiro atoms. The van der Waals surface area contributed by atoms with Crippen LogP contribution in [0.1, 0.15) is 19.3 Å². The Morgan fingerprint density at radius 2 is 2.10 bits per heavy atom. The summed E-state index contributed by atoms with van der Waals surface area (Å²) in [5, 5.41) is 0. The molecule has 1 saturated carbocycles. The zero-order valence-corrected chi connectivity index (χ0v) is 5.69. The molecule has 1 aliphatic rings. The van der Waals surface area contributed by atoms with Gasteiger partial charge in [-0.15, -0.1) is 0 Å². The Labute approximate surface area is 59.2 Å². The molecule has 1 aliphatic carbocycles. The largest absolute Gasteiger partial charge is 0.270 e. The Balaban J connectivity index is 2.09. The highest BCUT2D eigenvalue weighted by molar-refractivity contribution is 5.03. The van der Waals surface area contributed by atoms with E-state index in [-0.39, 0.29) is 0 Å². The lowest BCUT2D eigenvalue weighted by Gasteiger charge is -1.81. The molecule has 0 amide bonds. The van der Waals surface area contributed by atoms with Crippen molar-refractivity contribution in [3.8, 4) is 0 Å². The first-order chi connectivity index (χ1) is 4.79. The normalized spacial score (nSPS) is 17.8. The summed E-state index contributed by atoms with van der Waals surface area (Å²) in [6.45, 7) is 0. The fourth-order valence-electron chi connectivity index (χ4n) is 0.765. The van der Waals surface area contributed by atoms with Gasteiger partial charge < -0.3 is 0 Å². The predicted molar refractivity (Wildman–Crippen MR) is 36.8 cm³/mol. The van der Waals surface area contributed by atoms with Gasteiger partial charge in [0.2, 0.25) is 0 Å². The van der Waals surface area contributed by atoms with Crippen molar-refractivity contribution in [1.29, 1.82) is 0 Å². The van der Waals surface area contributed by atoms with E-state index < -0.39 is 6.08 Å². The highest BCUT2D eigenvalue weighted by Gasteiger charge is 2.18. The van der Waals surface area contributed by atoms with E-state index in [4.69, 9.17) is 0 Å². The third kappa shape index (κ3) is 3.38. The molecule has 1 rings (SSSR count). The molecule has 0 aromatic heterocycles. The molecular formula is C8H10F2. The summed E-state index contributed by atoms with van der Waals surface area (Å²) in [6.07, 6.45) is 5.95. The van der Waals surface area contributed by atoms with Crippen molar-refractivity contribution in [2.24, 2.45) is 5.92 Å². The van der Waals surface area contributed by atoms with Crippen molar-refractivity contribution in [1.82, 2.24) is 0 Å². The molecule has 0 bridgehead atoms. The Hall–Kier alpha value is -0.660. The fraction of sp³-hybridized carbons (Fsp3) is 0.500. The Bertz CT molecular complexity index is 151. The number of halogens is 2. The molecule has 0 aromatic carbocycles. The van der Waals surface area contributed by atoms with E-state index in [1.54, 1.807) is 6.08 Å². The van der Waals surface area contributed by atoms with Gasteiger partial charge in [0, 0.05) is 6.08 Å². The molecule has 0 aromatic rings. The zero-order valence-electron chi connectivity index (χ0n) is 5.69. The summed E-state index contributed by atoms with van der Waals surface area (Å²) in [4.78, 5) is 0. The van der Waals surface area contributed by atoms with Crippen molar-refractivity contribution in [2.75, 3.05) is 0 Å². The van der Waals surface area contributed by atoms with Crippen LogP contribution in [0.25, 0.3) is 0 Å². The van der Waals surface area contributed by atoms with Crippen molar-refractivity contribution in [2.45, 2.75) is 19.3 Å². The standard InChI is InChI=1S/C8H10F2/c9-8(10)4-2-1-3-7-5-6-7/h1-2,4,7H,3,5-6H2. The number of allylic oxidation sites excluding steroid dienone is 3. The lowest BCUT2D eigenvalue weighted by atomic mass is 10.3. The fourth-order valence-corrected chi connectivity index (χ4v) is 0.765. The minimum atomic E-state index is -1.62. The minimum absolute atomic E-state index is 0.785. The zero-order chi connectivity index (χ0) is 7.40. The molecule has 0 radical (unpaired) electrons. The lowest BCUT2D eigenvalue weighted by molar-refractivity contribution is 0.422. The number of hydrogen-bond donors (Lipinski definition) is 0. The molecule has 1 fully saturated rings. The first kappa shape index (κ1) is 7.45. The topological polar surface area (TPSA) is 0 Å².